The molecule has 3 heterocycles. The van der Waals surface area contributed by atoms with Crippen molar-refractivity contribution >= 4 is 34.2 Å². The smallest absolute Gasteiger partial charge is 0.255 e. The molecule has 1 aliphatic heterocycles. The van der Waals surface area contributed by atoms with Gasteiger partial charge in [-0.25, -0.2) is 4.98 Å². The zero-order valence-corrected chi connectivity index (χ0v) is 17.7. The van der Waals surface area contributed by atoms with Gasteiger partial charge in [-0.3, -0.25) is 14.8 Å². The molecule has 1 aliphatic rings. The Bertz CT molecular complexity index is 1210. The summed E-state index contributed by atoms with van der Waals surface area (Å²) in [6.45, 7) is 3.28. The fraction of sp³-hybridized carbons (Fsp3) is 0.261. The molecular weight excluding hydrogens is 412 g/mol. The monoisotopic (exact) mass is 434 g/mol. The van der Waals surface area contributed by atoms with Crippen LogP contribution in [-0.2, 0) is 6.54 Å². The molecule has 158 valence electrons. The number of likely N-dealkylation sites (tertiary alicyclic amines) is 1. The Morgan fingerprint density at radius 2 is 1.90 bits per heavy atom. The highest BCUT2D eigenvalue weighted by Crippen LogP contribution is 2.27. The van der Waals surface area contributed by atoms with Gasteiger partial charge in [0.25, 0.3) is 5.91 Å². The highest BCUT2D eigenvalue weighted by Gasteiger charge is 2.16. The Morgan fingerprint density at radius 3 is 2.71 bits per heavy atom. The first kappa shape index (κ1) is 19.8. The van der Waals surface area contributed by atoms with Crippen LogP contribution in [0, 0.1) is 0 Å². The SMILES string of the molecule is O=C(Nc1cn[nH]c1-c1nc2ccc(CN3CCCCC3)cc2[nH]1)c1ccc(Cl)cc1. The van der Waals surface area contributed by atoms with Gasteiger partial charge in [-0.1, -0.05) is 24.1 Å². The van der Waals surface area contributed by atoms with Crippen LogP contribution in [0.25, 0.3) is 22.6 Å². The maximum atomic E-state index is 12.6. The molecule has 0 unspecified atom stereocenters. The number of hydrogen-bond acceptors (Lipinski definition) is 4. The molecule has 7 nitrogen and oxygen atoms in total. The molecule has 0 aliphatic carbocycles. The van der Waals surface area contributed by atoms with E-state index in [1.54, 1.807) is 30.5 Å². The van der Waals surface area contributed by atoms with Crippen LogP contribution >= 0.6 is 11.6 Å². The van der Waals surface area contributed by atoms with Crippen LogP contribution < -0.4 is 5.32 Å². The molecule has 31 heavy (non-hydrogen) atoms. The third-order valence-electron chi connectivity index (χ3n) is 5.63. The molecule has 8 heteroatoms. The van der Waals surface area contributed by atoms with Crippen LogP contribution in [0.4, 0.5) is 5.69 Å². The maximum absolute atomic E-state index is 12.6. The number of benzene rings is 2. The normalized spacial score (nSPS) is 14.7. The zero-order chi connectivity index (χ0) is 21.2. The van der Waals surface area contributed by atoms with Crippen molar-refractivity contribution in [1.82, 2.24) is 25.1 Å². The van der Waals surface area contributed by atoms with Crippen molar-refractivity contribution in [3.63, 3.8) is 0 Å². The maximum Gasteiger partial charge on any atom is 0.255 e. The molecule has 2 aromatic heterocycles. The van der Waals surface area contributed by atoms with E-state index < -0.39 is 0 Å². The Morgan fingerprint density at radius 1 is 1.10 bits per heavy atom. The third kappa shape index (κ3) is 4.33. The fourth-order valence-corrected chi connectivity index (χ4v) is 4.13. The van der Waals surface area contributed by atoms with Crippen LogP contribution in [-0.4, -0.2) is 44.1 Å². The highest BCUT2D eigenvalue weighted by molar-refractivity contribution is 6.30. The fourth-order valence-electron chi connectivity index (χ4n) is 4.01. The number of nitrogens with zero attached hydrogens (tertiary/aromatic N) is 3. The van der Waals surface area contributed by atoms with Crippen molar-refractivity contribution < 1.29 is 4.79 Å². The second-order valence-electron chi connectivity index (χ2n) is 7.89. The minimum atomic E-state index is -0.237. The predicted molar refractivity (Wildman–Crippen MR) is 122 cm³/mol. The lowest BCUT2D eigenvalue weighted by atomic mass is 10.1. The molecule has 5 rings (SSSR count). The molecule has 0 bridgehead atoms. The second-order valence-corrected chi connectivity index (χ2v) is 8.33. The minimum Gasteiger partial charge on any atom is -0.337 e. The molecule has 0 radical (unpaired) electrons. The van der Waals surface area contributed by atoms with Crippen LogP contribution in [0.1, 0.15) is 35.2 Å². The first-order valence-electron chi connectivity index (χ1n) is 10.5. The number of rotatable bonds is 5. The number of fused-ring (bicyclic) bond motifs is 1. The predicted octanol–water partition coefficient (Wildman–Crippen LogP) is 4.84. The lowest BCUT2D eigenvalue weighted by Crippen LogP contribution is -2.29. The number of carbonyl (C=O) groups excluding carboxylic acids is 1. The molecule has 2 aromatic carbocycles. The Hall–Kier alpha value is -3.16. The van der Waals surface area contributed by atoms with Gasteiger partial charge in [-0.2, -0.15) is 5.10 Å². The summed E-state index contributed by atoms with van der Waals surface area (Å²) in [5, 5.41) is 10.5. The van der Waals surface area contributed by atoms with E-state index in [1.165, 1.54) is 24.8 Å². The standard InChI is InChI=1S/C23H23ClN6O/c24-17-7-5-16(6-8-17)23(31)28-20-13-25-29-21(20)22-26-18-9-4-15(12-19(18)27-22)14-30-10-2-1-3-11-30/h4-9,12-13H,1-3,10-11,14H2,(H,25,29)(H,26,27)(H,28,31). The van der Waals surface area contributed by atoms with Crippen molar-refractivity contribution in [3.05, 3.63) is 64.8 Å². The van der Waals surface area contributed by atoms with Crippen LogP contribution in [0.2, 0.25) is 5.02 Å². The molecule has 1 fully saturated rings. The average Bonchev–Trinajstić information content (AvgIpc) is 3.41. The van der Waals surface area contributed by atoms with Crippen molar-refractivity contribution in [2.24, 2.45) is 0 Å². The number of halogens is 1. The zero-order valence-electron chi connectivity index (χ0n) is 17.0. The van der Waals surface area contributed by atoms with Gasteiger partial charge in [-0.15, -0.1) is 0 Å². The lowest BCUT2D eigenvalue weighted by molar-refractivity contribution is 0.102. The summed E-state index contributed by atoms with van der Waals surface area (Å²) in [4.78, 5) is 23.1. The molecule has 0 spiro atoms. The van der Waals surface area contributed by atoms with E-state index in [2.05, 4.69) is 42.5 Å². The summed E-state index contributed by atoms with van der Waals surface area (Å²) < 4.78 is 0. The van der Waals surface area contributed by atoms with Gasteiger partial charge in [0.2, 0.25) is 0 Å². The van der Waals surface area contributed by atoms with Gasteiger partial charge in [0.15, 0.2) is 5.82 Å². The summed E-state index contributed by atoms with van der Waals surface area (Å²) >= 11 is 5.91. The summed E-state index contributed by atoms with van der Waals surface area (Å²) in [6, 6.07) is 13.1. The number of carbonyl (C=O) groups is 1. The average molecular weight is 435 g/mol. The van der Waals surface area contributed by atoms with Crippen molar-refractivity contribution in [3.8, 4) is 11.5 Å². The van der Waals surface area contributed by atoms with Gasteiger partial charge < -0.3 is 10.3 Å². The minimum absolute atomic E-state index is 0.237. The van der Waals surface area contributed by atoms with Crippen LogP contribution in [0.3, 0.4) is 0 Å². The molecule has 3 N–H and O–H groups in total. The summed E-state index contributed by atoms with van der Waals surface area (Å²) in [5.74, 6) is 0.397. The molecule has 1 saturated heterocycles. The Balaban J connectivity index is 1.36. The van der Waals surface area contributed by atoms with Crippen molar-refractivity contribution in [2.45, 2.75) is 25.8 Å². The van der Waals surface area contributed by atoms with E-state index in [9.17, 15) is 4.79 Å². The first-order chi connectivity index (χ1) is 15.2. The summed E-state index contributed by atoms with van der Waals surface area (Å²) in [6.07, 6.45) is 5.47. The van der Waals surface area contributed by atoms with E-state index >= 15 is 0 Å². The molecule has 4 aromatic rings. The van der Waals surface area contributed by atoms with Crippen molar-refractivity contribution in [2.75, 3.05) is 18.4 Å². The van der Waals surface area contributed by atoms with E-state index in [0.717, 1.165) is 30.7 Å². The molecular formula is C23H23ClN6O. The molecule has 1 amide bonds. The quantitative estimate of drug-likeness (QED) is 0.419. The van der Waals surface area contributed by atoms with E-state index in [0.29, 0.717) is 27.8 Å². The lowest BCUT2D eigenvalue weighted by Gasteiger charge is -2.26. The molecule has 0 atom stereocenters. The van der Waals surface area contributed by atoms with E-state index in [1.807, 2.05) is 6.07 Å². The van der Waals surface area contributed by atoms with E-state index in [-0.39, 0.29) is 5.91 Å². The number of imidazole rings is 1. The highest BCUT2D eigenvalue weighted by atomic mass is 35.5. The summed E-state index contributed by atoms with van der Waals surface area (Å²) in [5.41, 5.74) is 4.83. The van der Waals surface area contributed by atoms with Crippen molar-refractivity contribution in [1.29, 1.82) is 0 Å². The van der Waals surface area contributed by atoms with E-state index in [4.69, 9.17) is 11.6 Å². The van der Waals surface area contributed by atoms with Gasteiger partial charge in [-0.05, 0) is 67.9 Å². The first-order valence-corrected chi connectivity index (χ1v) is 10.9. The van der Waals surface area contributed by atoms with Crippen LogP contribution in [0.15, 0.2) is 48.7 Å². The van der Waals surface area contributed by atoms with Crippen LogP contribution in [0.5, 0.6) is 0 Å². The number of hydrogen-bond donors (Lipinski definition) is 3. The third-order valence-corrected chi connectivity index (χ3v) is 5.88. The number of H-pyrrole nitrogens is 2. The number of nitrogens with one attached hydrogen (secondary N) is 3. The number of aromatic amines is 2. The second kappa shape index (κ2) is 8.53. The molecule has 0 saturated carbocycles. The summed E-state index contributed by atoms with van der Waals surface area (Å²) in [7, 11) is 0. The Kier molecular flexibility index (Phi) is 5.44. The number of aromatic nitrogens is 4. The van der Waals surface area contributed by atoms with Gasteiger partial charge in [0.05, 0.1) is 22.9 Å². The van der Waals surface area contributed by atoms with Gasteiger partial charge >= 0.3 is 0 Å². The number of anilines is 1. The Labute approximate surface area is 184 Å². The van der Waals surface area contributed by atoms with Gasteiger partial charge in [0, 0.05) is 17.1 Å². The van der Waals surface area contributed by atoms with Gasteiger partial charge in [0.1, 0.15) is 5.69 Å². The topological polar surface area (TPSA) is 89.7 Å². The number of piperidine rings is 1. The largest absolute Gasteiger partial charge is 0.337 e. The number of amides is 1.